The fraction of sp³-hybridized carbons (Fsp3) is 0.167. The molecule has 7 nitrogen and oxygen atoms in total. The molecule has 0 aliphatic heterocycles. The number of aryl methyl sites for hydroxylation is 1. The number of carbonyl (C=O) groups excluding carboxylic acids is 1. The Morgan fingerprint density at radius 1 is 0.846 bits per heavy atom. The van der Waals surface area contributed by atoms with Gasteiger partial charge in [-0.1, -0.05) is 36.4 Å². The van der Waals surface area contributed by atoms with Gasteiger partial charge in [-0.3, -0.25) is 4.79 Å². The molecule has 0 aliphatic carbocycles. The van der Waals surface area contributed by atoms with E-state index in [0.29, 0.717) is 22.9 Å². The number of methoxy groups -OCH3 is 2. The summed E-state index contributed by atoms with van der Waals surface area (Å²) in [6.07, 6.45) is 0. The molecule has 0 spiro atoms. The summed E-state index contributed by atoms with van der Waals surface area (Å²) in [7, 11) is -0.985. The van der Waals surface area contributed by atoms with Crippen LogP contribution >= 0.6 is 11.8 Å². The zero-order valence-corrected chi connectivity index (χ0v) is 23.6. The molecule has 39 heavy (non-hydrogen) atoms. The number of amides is 1. The average molecular weight is 563 g/mol. The molecule has 4 aromatic carbocycles. The van der Waals surface area contributed by atoms with E-state index in [1.54, 1.807) is 36.0 Å². The first-order chi connectivity index (χ1) is 18.8. The van der Waals surface area contributed by atoms with Gasteiger partial charge in [0.1, 0.15) is 0 Å². The van der Waals surface area contributed by atoms with E-state index in [1.165, 1.54) is 31.2 Å². The Hall–Kier alpha value is -3.95. The summed E-state index contributed by atoms with van der Waals surface area (Å²) < 4.78 is 37.6. The van der Waals surface area contributed by atoms with Crippen molar-refractivity contribution in [2.24, 2.45) is 0 Å². The van der Waals surface area contributed by atoms with E-state index in [4.69, 9.17) is 9.47 Å². The number of hydrogen-bond acceptors (Lipinski definition) is 7. The van der Waals surface area contributed by atoms with Gasteiger partial charge in [-0.2, -0.15) is 0 Å². The summed E-state index contributed by atoms with van der Waals surface area (Å²) in [5.41, 5.74) is 2.91. The zero-order valence-electron chi connectivity index (χ0n) is 21.9. The average Bonchev–Trinajstić information content (AvgIpc) is 2.96. The lowest BCUT2D eigenvalue weighted by atomic mass is 10.2. The Kier molecular flexibility index (Phi) is 9.16. The third-order valence-corrected chi connectivity index (χ3v) is 8.79. The van der Waals surface area contributed by atoms with Crippen molar-refractivity contribution in [1.29, 1.82) is 0 Å². The summed E-state index contributed by atoms with van der Waals surface area (Å²) in [5, 5.41) is 5.84. The van der Waals surface area contributed by atoms with E-state index < -0.39 is 9.84 Å². The van der Waals surface area contributed by atoms with Crippen molar-refractivity contribution in [3.63, 3.8) is 0 Å². The second-order valence-corrected chi connectivity index (χ2v) is 11.7. The van der Waals surface area contributed by atoms with Crippen molar-refractivity contribution in [1.82, 2.24) is 0 Å². The van der Waals surface area contributed by atoms with Crippen LogP contribution in [0, 0.1) is 6.92 Å². The van der Waals surface area contributed by atoms with Crippen molar-refractivity contribution < 1.29 is 22.7 Å². The van der Waals surface area contributed by atoms with Gasteiger partial charge in [-0.15, -0.1) is 11.8 Å². The normalized spacial score (nSPS) is 11.1. The second kappa shape index (κ2) is 12.7. The fourth-order valence-corrected chi connectivity index (χ4v) is 6.27. The van der Waals surface area contributed by atoms with Crippen LogP contribution in [0.2, 0.25) is 0 Å². The van der Waals surface area contributed by atoms with Crippen LogP contribution in [0.3, 0.4) is 0 Å². The van der Waals surface area contributed by atoms with Gasteiger partial charge in [0.15, 0.2) is 11.5 Å². The maximum absolute atomic E-state index is 13.5. The van der Waals surface area contributed by atoms with E-state index in [-0.39, 0.29) is 22.2 Å². The number of sulfone groups is 1. The molecular weight excluding hydrogens is 532 g/mol. The zero-order chi connectivity index (χ0) is 27.8. The maximum atomic E-state index is 13.5. The van der Waals surface area contributed by atoms with Crippen LogP contribution in [-0.2, 0) is 20.4 Å². The molecule has 0 fully saturated rings. The van der Waals surface area contributed by atoms with E-state index in [2.05, 4.69) is 22.8 Å². The fourth-order valence-electron chi connectivity index (χ4n) is 3.86. The monoisotopic (exact) mass is 562 g/mol. The molecule has 0 atom stereocenters. The number of rotatable bonds is 11. The second-order valence-electron chi connectivity index (χ2n) is 8.72. The lowest BCUT2D eigenvalue weighted by Gasteiger charge is -2.15. The Bertz CT molecular complexity index is 1540. The smallest absolute Gasteiger partial charge is 0.243 e. The van der Waals surface area contributed by atoms with Crippen LogP contribution in [0.15, 0.2) is 106 Å². The molecule has 0 saturated heterocycles. The molecule has 4 rings (SSSR count). The highest BCUT2D eigenvalue weighted by Gasteiger charge is 2.24. The van der Waals surface area contributed by atoms with Gasteiger partial charge in [-0.25, -0.2) is 8.42 Å². The number of hydrogen-bond donors (Lipinski definition) is 2. The lowest BCUT2D eigenvalue weighted by molar-refractivity contribution is -0.114. The van der Waals surface area contributed by atoms with Crippen LogP contribution in [-0.4, -0.2) is 35.1 Å². The van der Waals surface area contributed by atoms with Crippen molar-refractivity contribution in [3.8, 4) is 11.5 Å². The van der Waals surface area contributed by atoms with Gasteiger partial charge in [0.25, 0.3) is 0 Å². The molecule has 0 heterocycles. The van der Waals surface area contributed by atoms with Crippen molar-refractivity contribution >= 4 is 38.9 Å². The molecule has 4 aromatic rings. The summed E-state index contributed by atoms with van der Waals surface area (Å²) in [6, 6.07) is 27.3. The van der Waals surface area contributed by atoms with Crippen molar-refractivity contribution in [3.05, 3.63) is 102 Å². The predicted molar refractivity (Wildman–Crippen MR) is 156 cm³/mol. The number of anilines is 2. The summed E-state index contributed by atoms with van der Waals surface area (Å²) in [5.74, 6) is 1.27. The van der Waals surface area contributed by atoms with E-state index in [0.717, 1.165) is 16.9 Å². The topological polar surface area (TPSA) is 93.7 Å². The van der Waals surface area contributed by atoms with Gasteiger partial charge < -0.3 is 20.1 Å². The molecule has 0 aliphatic rings. The molecule has 0 radical (unpaired) electrons. The molecular formula is C30H30N2O5S2. The Morgan fingerprint density at radius 3 is 2.26 bits per heavy atom. The third-order valence-electron chi connectivity index (χ3n) is 5.92. The first-order valence-corrected chi connectivity index (χ1v) is 14.7. The van der Waals surface area contributed by atoms with Gasteiger partial charge >= 0.3 is 0 Å². The number of benzene rings is 4. The van der Waals surface area contributed by atoms with Crippen LogP contribution < -0.4 is 20.1 Å². The Morgan fingerprint density at radius 2 is 1.56 bits per heavy atom. The summed E-state index contributed by atoms with van der Waals surface area (Å²) in [6.45, 7) is 1.70. The number of nitrogens with one attached hydrogen (secondary N) is 2. The minimum absolute atomic E-state index is 0.0590. The molecule has 1 amide bonds. The molecule has 9 heteroatoms. The molecule has 0 unspecified atom stereocenters. The Balaban J connectivity index is 1.42. The maximum Gasteiger partial charge on any atom is 0.243 e. The largest absolute Gasteiger partial charge is 0.493 e. The molecule has 0 bridgehead atoms. The number of carbonyl (C=O) groups is 1. The first kappa shape index (κ1) is 28.1. The first-order valence-electron chi connectivity index (χ1n) is 12.2. The SMILES string of the molecule is COc1ccc(S(=O)(=O)c2cc(C)ccc2NCC(=O)Nc2ccc(CSc3ccccc3)cc2)cc1OC. The van der Waals surface area contributed by atoms with Crippen molar-refractivity contribution in [2.75, 3.05) is 31.4 Å². The highest BCUT2D eigenvalue weighted by molar-refractivity contribution is 7.98. The summed E-state index contributed by atoms with van der Waals surface area (Å²) in [4.78, 5) is 14.0. The van der Waals surface area contributed by atoms with Gasteiger partial charge in [0.05, 0.1) is 36.2 Å². The van der Waals surface area contributed by atoms with Crippen LogP contribution in [0.25, 0.3) is 0 Å². The highest BCUT2D eigenvalue weighted by Crippen LogP contribution is 2.34. The Labute approximate surface area is 233 Å². The molecule has 0 aromatic heterocycles. The number of thioether (sulfide) groups is 1. The van der Waals surface area contributed by atoms with E-state index >= 15 is 0 Å². The van der Waals surface area contributed by atoms with E-state index in [9.17, 15) is 13.2 Å². The quantitative estimate of drug-likeness (QED) is 0.211. The molecule has 202 valence electrons. The standard InChI is InChI=1S/C30H30N2O5S2/c1-21-9-15-26(29(17-21)39(34,35)25-14-16-27(36-2)28(18-25)37-3)31-19-30(33)32-23-12-10-22(11-13-23)20-38-24-7-5-4-6-8-24/h4-18,31H,19-20H2,1-3H3,(H,32,33). The molecule has 2 N–H and O–H groups in total. The van der Waals surface area contributed by atoms with Gasteiger partial charge in [-0.05, 0) is 66.6 Å². The van der Waals surface area contributed by atoms with Crippen LogP contribution in [0.1, 0.15) is 11.1 Å². The third kappa shape index (κ3) is 7.13. The molecule has 0 saturated carbocycles. The number of ether oxygens (including phenoxy) is 2. The lowest BCUT2D eigenvalue weighted by Crippen LogP contribution is -2.22. The van der Waals surface area contributed by atoms with Crippen molar-refractivity contribution in [2.45, 2.75) is 27.4 Å². The minimum Gasteiger partial charge on any atom is -0.493 e. The van der Waals surface area contributed by atoms with Crippen LogP contribution in [0.4, 0.5) is 11.4 Å². The summed E-state index contributed by atoms with van der Waals surface area (Å²) >= 11 is 1.75. The van der Waals surface area contributed by atoms with E-state index in [1.807, 2.05) is 49.4 Å². The minimum atomic E-state index is -3.92. The highest BCUT2D eigenvalue weighted by atomic mass is 32.2. The van der Waals surface area contributed by atoms with Gasteiger partial charge in [0, 0.05) is 22.4 Å². The van der Waals surface area contributed by atoms with Gasteiger partial charge in [0.2, 0.25) is 15.7 Å². The predicted octanol–water partition coefficient (Wildman–Crippen LogP) is 6.19. The van der Waals surface area contributed by atoms with Crippen LogP contribution in [0.5, 0.6) is 11.5 Å².